The number of aryl methyl sites for hydroxylation is 1. The molecule has 0 atom stereocenters. The van der Waals surface area contributed by atoms with Crippen molar-refractivity contribution in [1.82, 2.24) is 14.8 Å². The van der Waals surface area contributed by atoms with Gasteiger partial charge in [0, 0.05) is 69.5 Å². The van der Waals surface area contributed by atoms with Crippen molar-refractivity contribution in [3.05, 3.63) is 59.8 Å². The molecule has 204 valence electrons. The van der Waals surface area contributed by atoms with Crippen molar-refractivity contribution in [2.24, 2.45) is 5.73 Å². The SMILES string of the molecule is CN(C)C(=O)N(c1ccc(N2CCN(C(=O)CCc3ccc4[nH]cc(CCN)c4c3)CC2)cc1)S(=O)(=O)O. The molecule has 4 rings (SSSR count). The van der Waals surface area contributed by atoms with Gasteiger partial charge in [-0.15, -0.1) is 0 Å². The van der Waals surface area contributed by atoms with Gasteiger partial charge < -0.3 is 25.4 Å². The molecule has 0 radical (unpaired) electrons. The zero-order valence-corrected chi connectivity index (χ0v) is 22.4. The smallest absolute Gasteiger partial charge is 0.368 e. The van der Waals surface area contributed by atoms with Crippen LogP contribution in [0.1, 0.15) is 17.5 Å². The number of aromatic amines is 1. The molecule has 0 aliphatic carbocycles. The summed E-state index contributed by atoms with van der Waals surface area (Å²) in [7, 11) is -1.98. The molecule has 1 fully saturated rings. The number of nitrogens with zero attached hydrogens (tertiary/aromatic N) is 4. The zero-order chi connectivity index (χ0) is 27.4. The first kappa shape index (κ1) is 27.4. The normalized spacial score (nSPS) is 14.1. The maximum absolute atomic E-state index is 12.9. The van der Waals surface area contributed by atoms with E-state index in [1.54, 1.807) is 12.1 Å². The molecule has 4 N–H and O–H groups in total. The summed E-state index contributed by atoms with van der Waals surface area (Å²) in [5, 5.41) is 1.16. The van der Waals surface area contributed by atoms with E-state index in [4.69, 9.17) is 5.73 Å². The number of carbonyl (C=O) groups excluding carboxylic acids is 2. The molecular formula is C26H34N6O5S. The number of aromatic nitrogens is 1. The van der Waals surface area contributed by atoms with Gasteiger partial charge in [-0.05, 0) is 66.9 Å². The third-order valence-corrected chi connectivity index (χ3v) is 7.57. The van der Waals surface area contributed by atoms with Crippen molar-refractivity contribution in [2.75, 3.05) is 56.0 Å². The Balaban J connectivity index is 1.33. The van der Waals surface area contributed by atoms with Gasteiger partial charge in [0.25, 0.3) is 0 Å². The molecule has 11 nitrogen and oxygen atoms in total. The molecule has 1 aromatic heterocycles. The van der Waals surface area contributed by atoms with Crippen LogP contribution in [0.15, 0.2) is 48.7 Å². The van der Waals surface area contributed by atoms with Crippen molar-refractivity contribution in [3.8, 4) is 0 Å². The number of carbonyl (C=O) groups is 2. The van der Waals surface area contributed by atoms with Crippen LogP contribution in [0.3, 0.4) is 0 Å². The molecular weight excluding hydrogens is 508 g/mol. The van der Waals surface area contributed by atoms with Crippen molar-refractivity contribution in [1.29, 1.82) is 0 Å². The molecule has 3 amide bonds. The molecule has 0 unspecified atom stereocenters. The number of fused-ring (bicyclic) bond motifs is 1. The number of amides is 3. The number of piperazine rings is 1. The highest BCUT2D eigenvalue weighted by Crippen LogP contribution is 2.25. The Morgan fingerprint density at radius 1 is 1.03 bits per heavy atom. The van der Waals surface area contributed by atoms with E-state index in [-0.39, 0.29) is 11.6 Å². The van der Waals surface area contributed by atoms with Crippen LogP contribution in [0.25, 0.3) is 10.9 Å². The largest absolute Gasteiger partial charge is 0.368 e. The first-order valence-corrected chi connectivity index (χ1v) is 13.9. The lowest BCUT2D eigenvalue weighted by molar-refractivity contribution is -0.131. The van der Waals surface area contributed by atoms with Crippen molar-refractivity contribution >= 4 is 44.5 Å². The minimum Gasteiger partial charge on any atom is -0.368 e. The molecule has 12 heteroatoms. The van der Waals surface area contributed by atoms with Crippen molar-refractivity contribution < 1.29 is 22.6 Å². The Morgan fingerprint density at radius 2 is 1.71 bits per heavy atom. The summed E-state index contributed by atoms with van der Waals surface area (Å²) >= 11 is 0. The van der Waals surface area contributed by atoms with Gasteiger partial charge in [-0.25, -0.2) is 4.79 Å². The molecule has 1 aliphatic heterocycles. The Bertz CT molecular complexity index is 1400. The summed E-state index contributed by atoms with van der Waals surface area (Å²) in [6.45, 7) is 3.00. The van der Waals surface area contributed by atoms with Crippen LogP contribution in [0.4, 0.5) is 16.2 Å². The second-order valence-electron chi connectivity index (χ2n) is 9.54. The lowest BCUT2D eigenvalue weighted by Gasteiger charge is -2.36. The summed E-state index contributed by atoms with van der Waals surface area (Å²) in [5.74, 6) is 0.113. The van der Waals surface area contributed by atoms with Crippen LogP contribution in [-0.2, 0) is 27.9 Å². The van der Waals surface area contributed by atoms with Gasteiger partial charge >= 0.3 is 16.3 Å². The highest BCUT2D eigenvalue weighted by molar-refractivity contribution is 7.88. The standard InChI is InChI=1S/C26H34N6O5S/c1-29(2)26(34)32(38(35,36)37)22-7-5-21(6-8-22)30-13-15-31(16-14-30)25(33)10-4-19-3-9-24-23(17-19)20(11-12-27)18-28-24/h3,5-9,17-18,28H,4,10-16,27H2,1-2H3,(H,35,36,37). The number of benzene rings is 2. The Hall–Kier alpha value is -3.61. The molecule has 1 saturated heterocycles. The summed E-state index contributed by atoms with van der Waals surface area (Å²) in [6.07, 6.45) is 3.90. The van der Waals surface area contributed by atoms with E-state index in [0.29, 0.717) is 49.9 Å². The summed E-state index contributed by atoms with van der Waals surface area (Å²) in [4.78, 5) is 33.5. The fourth-order valence-corrected chi connectivity index (χ4v) is 5.44. The number of nitrogens with one attached hydrogen (secondary N) is 1. The second kappa shape index (κ2) is 11.4. The molecule has 0 bridgehead atoms. The van der Waals surface area contributed by atoms with Crippen LogP contribution < -0.4 is 14.9 Å². The van der Waals surface area contributed by atoms with Crippen LogP contribution in [0.2, 0.25) is 0 Å². The fraction of sp³-hybridized carbons (Fsp3) is 0.385. The summed E-state index contributed by atoms with van der Waals surface area (Å²) < 4.78 is 33.4. The minimum atomic E-state index is -4.78. The van der Waals surface area contributed by atoms with Gasteiger partial charge in [0.05, 0.1) is 5.69 Å². The average molecular weight is 543 g/mol. The number of nitrogens with two attached hydrogens (primary N) is 1. The number of hydrogen-bond acceptors (Lipinski definition) is 6. The maximum atomic E-state index is 12.9. The third-order valence-electron chi connectivity index (χ3n) is 6.74. The predicted molar refractivity (Wildman–Crippen MR) is 148 cm³/mol. The Labute approximate surface area is 222 Å². The number of hydrogen-bond donors (Lipinski definition) is 3. The second-order valence-corrected chi connectivity index (χ2v) is 10.8. The lowest BCUT2D eigenvalue weighted by atomic mass is 10.0. The number of anilines is 2. The van der Waals surface area contributed by atoms with Gasteiger partial charge in [0.1, 0.15) is 0 Å². The van der Waals surface area contributed by atoms with Gasteiger partial charge in [-0.2, -0.15) is 12.7 Å². The van der Waals surface area contributed by atoms with Gasteiger partial charge in [0.15, 0.2) is 0 Å². The Kier molecular flexibility index (Phi) is 8.24. The zero-order valence-electron chi connectivity index (χ0n) is 21.6. The summed E-state index contributed by atoms with van der Waals surface area (Å²) in [5.41, 5.74) is 9.97. The summed E-state index contributed by atoms with van der Waals surface area (Å²) in [6, 6.07) is 11.7. The molecule has 0 saturated carbocycles. The number of H-pyrrole nitrogens is 1. The van der Waals surface area contributed by atoms with E-state index in [1.807, 2.05) is 17.2 Å². The van der Waals surface area contributed by atoms with Crippen LogP contribution in [0, 0.1) is 0 Å². The Morgan fingerprint density at radius 3 is 2.32 bits per heavy atom. The monoisotopic (exact) mass is 542 g/mol. The van der Waals surface area contributed by atoms with Crippen LogP contribution >= 0.6 is 0 Å². The highest BCUT2D eigenvalue weighted by Gasteiger charge is 2.29. The lowest BCUT2D eigenvalue weighted by Crippen LogP contribution is -2.48. The van der Waals surface area contributed by atoms with E-state index in [9.17, 15) is 22.6 Å². The quantitative estimate of drug-likeness (QED) is 0.371. The first-order valence-electron chi connectivity index (χ1n) is 12.5. The van der Waals surface area contributed by atoms with Crippen molar-refractivity contribution in [3.63, 3.8) is 0 Å². The van der Waals surface area contributed by atoms with Crippen molar-refractivity contribution in [2.45, 2.75) is 19.3 Å². The van der Waals surface area contributed by atoms with Crippen LogP contribution in [0.5, 0.6) is 0 Å². The number of urea groups is 1. The van der Waals surface area contributed by atoms with Gasteiger partial charge in [0.2, 0.25) is 5.91 Å². The van der Waals surface area contributed by atoms with E-state index in [0.717, 1.165) is 33.5 Å². The number of rotatable bonds is 8. The molecule has 0 spiro atoms. The fourth-order valence-electron chi connectivity index (χ4n) is 4.69. The van der Waals surface area contributed by atoms with E-state index >= 15 is 0 Å². The molecule has 2 aromatic carbocycles. The topological polar surface area (TPSA) is 143 Å². The third kappa shape index (κ3) is 6.09. The van der Waals surface area contributed by atoms with E-state index in [1.165, 1.54) is 31.8 Å². The van der Waals surface area contributed by atoms with Crippen LogP contribution in [-0.4, -0.2) is 86.5 Å². The minimum absolute atomic E-state index is 0.0386. The highest BCUT2D eigenvalue weighted by atomic mass is 32.2. The molecule has 2 heterocycles. The maximum Gasteiger partial charge on any atom is 0.368 e. The first-order chi connectivity index (χ1) is 18.1. The average Bonchev–Trinajstić information content (AvgIpc) is 3.29. The van der Waals surface area contributed by atoms with E-state index < -0.39 is 16.3 Å². The van der Waals surface area contributed by atoms with Gasteiger partial charge in [-0.3, -0.25) is 9.35 Å². The predicted octanol–water partition coefficient (Wildman–Crippen LogP) is 2.24. The molecule has 38 heavy (non-hydrogen) atoms. The van der Waals surface area contributed by atoms with Gasteiger partial charge in [-0.1, -0.05) is 6.07 Å². The molecule has 3 aromatic rings. The van der Waals surface area contributed by atoms with E-state index in [2.05, 4.69) is 22.0 Å². The molecule has 1 aliphatic rings.